The van der Waals surface area contributed by atoms with Crippen LogP contribution in [0, 0.1) is 13.8 Å². The molecule has 5 nitrogen and oxygen atoms in total. The van der Waals surface area contributed by atoms with Gasteiger partial charge in [0.05, 0.1) is 13.7 Å². The summed E-state index contributed by atoms with van der Waals surface area (Å²) in [6.45, 7) is 8.51. The van der Waals surface area contributed by atoms with Crippen LogP contribution in [0.2, 0.25) is 0 Å². The maximum absolute atomic E-state index is 5.28. The fraction of sp³-hybridized carbons (Fsp3) is 0.400. The van der Waals surface area contributed by atoms with Crippen LogP contribution in [0.4, 0.5) is 0 Å². The van der Waals surface area contributed by atoms with Crippen LogP contribution in [0.3, 0.4) is 0 Å². The van der Waals surface area contributed by atoms with Gasteiger partial charge in [-0.2, -0.15) is 0 Å². The summed E-state index contributed by atoms with van der Waals surface area (Å²) >= 11 is 0. The van der Waals surface area contributed by atoms with Crippen LogP contribution in [0.1, 0.15) is 29.2 Å². The molecule has 0 aliphatic carbocycles. The molecule has 0 saturated carbocycles. The Bertz CT molecular complexity index is 698. The van der Waals surface area contributed by atoms with E-state index in [2.05, 4.69) is 59.6 Å². The van der Waals surface area contributed by atoms with E-state index in [0.29, 0.717) is 12.4 Å². The van der Waals surface area contributed by atoms with Crippen LogP contribution >= 0.6 is 24.0 Å². The van der Waals surface area contributed by atoms with Crippen molar-refractivity contribution in [3.8, 4) is 5.88 Å². The summed E-state index contributed by atoms with van der Waals surface area (Å²) in [6.07, 6.45) is 2.68. The molecule has 1 heterocycles. The molecule has 2 rings (SSSR count). The predicted molar refractivity (Wildman–Crippen MR) is 119 cm³/mol. The Morgan fingerprint density at radius 2 is 1.88 bits per heavy atom. The molecule has 1 aromatic carbocycles. The fourth-order valence-corrected chi connectivity index (χ4v) is 2.77. The van der Waals surface area contributed by atoms with E-state index >= 15 is 0 Å². The third kappa shape index (κ3) is 7.19. The van der Waals surface area contributed by atoms with Gasteiger partial charge in [-0.1, -0.05) is 35.4 Å². The fourth-order valence-electron chi connectivity index (χ4n) is 2.77. The summed E-state index contributed by atoms with van der Waals surface area (Å²) in [4.78, 5) is 8.84. The predicted octanol–water partition coefficient (Wildman–Crippen LogP) is 3.62. The zero-order valence-electron chi connectivity index (χ0n) is 16.0. The van der Waals surface area contributed by atoms with E-state index in [1.54, 1.807) is 13.3 Å². The van der Waals surface area contributed by atoms with E-state index in [1.807, 2.05) is 12.1 Å². The molecular weight excluding hydrogens is 439 g/mol. The van der Waals surface area contributed by atoms with Crippen molar-refractivity contribution in [1.82, 2.24) is 15.6 Å². The normalized spacial score (nSPS) is 10.8. The van der Waals surface area contributed by atoms with Gasteiger partial charge in [0.15, 0.2) is 5.96 Å². The molecule has 0 bridgehead atoms. The third-order valence-corrected chi connectivity index (χ3v) is 3.78. The number of aromatic nitrogens is 1. The minimum absolute atomic E-state index is 0. The molecule has 0 spiro atoms. The number of rotatable bonds is 7. The summed E-state index contributed by atoms with van der Waals surface area (Å²) < 4.78 is 5.28. The lowest BCUT2D eigenvalue weighted by atomic mass is 10.1. The van der Waals surface area contributed by atoms with E-state index in [9.17, 15) is 0 Å². The van der Waals surface area contributed by atoms with Crippen molar-refractivity contribution in [2.75, 3.05) is 20.2 Å². The summed E-state index contributed by atoms with van der Waals surface area (Å²) in [5, 5.41) is 6.67. The van der Waals surface area contributed by atoms with Gasteiger partial charge in [0, 0.05) is 24.8 Å². The number of benzene rings is 1. The monoisotopic (exact) mass is 468 g/mol. The molecule has 2 aromatic rings. The first kappa shape index (κ1) is 22.2. The Morgan fingerprint density at radius 3 is 2.54 bits per heavy atom. The summed E-state index contributed by atoms with van der Waals surface area (Å²) in [5.74, 6) is 1.43. The van der Waals surface area contributed by atoms with Crippen molar-refractivity contribution >= 4 is 29.9 Å². The number of aliphatic imine (C=N–C) groups is 1. The summed E-state index contributed by atoms with van der Waals surface area (Å²) in [7, 11) is 1.63. The number of ether oxygens (including phenoxy) is 1. The number of methoxy groups -OCH3 is 1. The van der Waals surface area contributed by atoms with E-state index in [1.165, 1.54) is 16.7 Å². The van der Waals surface area contributed by atoms with Crippen molar-refractivity contribution in [3.63, 3.8) is 0 Å². The maximum atomic E-state index is 5.28. The Kier molecular flexibility index (Phi) is 10.0. The first-order valence-corrected chi connectivity index (χ1v) is 8.69. The molecule has 1 aromatic heterocycles. The van der Waals surface area contributed by atoms with Gasteiger partial charge < -0.3 is 15.4 Å². The molecule has 0 fully saturated rings. The highest BCUT2D eigenvalue weighted by molar-refractivity contribution is 14.0. The molecule has 0 radical (unpaired) electrons. The Hall–Kier alpha value is -1.83. The molecule has 2 N–H and O–H groups in total. The largest absolute Gasteiger partial charge is 0.481 e. The number of hydrogen-bond donors (Lipinski definition) is 2. The number of pyridine rings is 1. The Balaban J connectivity index is 0.00000338. The molecule has 0 aliphatic heterocycles. The molecule has 0 aliphatic rings. The lowest BCUT2D eigenvalue weighted by Gasteiger charge is -2.12. The molecule has 0 unspecified atom stereocenters. The SMILES string of the molecule is CCNC(=NCc1cccnc1OC)NCCc1cc(C)cc(C)c1.I. The smallest absolute Gasteiger partial charge is 0.218 e. The molecule has 142 valence electrons. The number of halogens is 1. The first-order chi connectivity index (χ1) is 12.1. The number of aryl methyl sites for hydroxylation is 2. The Labute approximate surface area is 173 Å². The summed E-state index contributed by atoms with van der Waals surface area (Å²) in [5.41, 5.74) is 4.92. The van der Waals surface area contributed by atoms with Crippen LogP contribution in [0.15, 0.2) is 41.5 Å². The van der Waals surface area contributed by atoms with E-state index in [0.717, 1.165) is 31.0 Å². The molecule has 0 saturated heterocycles. The molecular formula is C20H29IN4O. The maximum Gasteiger partial charge on any atom is 0.218 e. The van der Waals surface area contributed by atoms with Gasteiger partial charge in [-0.3, -0.25) is 0 Å². The Morgan fingerprint density at radius 1 is 1.15 bits per heavy atom. The standard InChI is InChI=1S/C20H28N4O.HI/c1-5-21-20(24-14-18-7-6-9-22-19(18)25-4)23-10-8-17-12-15(2)11-16(3)13-17;/h6-7,9,11-13H,5,8,10,14H2,1-4H3,(H2,21,23,24);1H. The van der Waals surface area contributed by atoms with Crippen LogP contribution in [0.25, 0.3) is 0 Å². The van der Waals surface area contributed by atoms with Crippen LogP contribution in [-0.2, 0) is 13.0 Å². The second-order valence-corrected chi connectivity index (χ2v) is 6.04. The lowest BCUT2D eigenvalue weighted by molar-refractivity contribution is 0.392. The van der Waals surface area contributed by atoms with Gasteiger partial charge in [-0.25, -0.2) is 9.98 Å². The van der Waals surface area contributed by atoms with Gasteiger partial charge in [-0.15, -0.1) is 24.0 Å². The average Bonchev–Trinajstić information content (AvgIpc) is 2.59. The second-order valence-electron chi connectivity index (χ2n) is 6.04. The number of guanidine groups is 1. The zero-order chi connectivity index (χ0) is 18.1. The van der Waals surface area contributed by atoms with E-state index in [4.69, 9.17) is 4.74 Å². The van der Waals surface area contributed by atoms with E-state index in [-0.39, 0.29) is 24.0 Å². The van der Waals surface area contributed by atoms with Crippen molar-refractivity contribution in [2.24, 2.45) is 4.99 Å². The van der Waals surface area contributed by atoms with Crippen LogP contribution in [-0.4, -0.2) is 31.1 Å². The molecule has 0 amide bonds. The van der Waals surface area contributed by atoms with Gasteiger partial charge in [0.1, 0.15) is 0 Å². The van der Waals surface area contributed by atoms with Crippen molar-refractivity contribution in [2.45, 2.75) is 33.7 Å². The third-order valence-electron chi connectivity index (χ3n) is 3.78. The van der Waals surface area contributed by atoms with Crippen molar-refractivity contribution in [3.05, 3.63) is 58.8 Å². The van der Waals surface area contributed by atoms with Crippen LogP contribution in [0.5, 0.6) is 5.88 Å². The molecule has 6 heteroatoms. The van der Waals surface area contributed by atoms with Gasteiger partial charge in [0.2, 0.25) is 5.88 Å². The highest BCUT2D eigenvalue weighted by atomic mass is 127. The van der Waals surface area contributed by atoms with Crippen molar-refractivity contribution < 1.29 is 4.74 Å². The topological polar surface area (TPSA) is 58.5 Å². The first-order valence-electron chi connectivity index (χ1n) is 8.69. The highest BCUT2D eigenvalue weighted by Gasteiger charge is 2.04. The number of hydrogen-bond acceptors (Lipinski definition) is 3. The van der Waals surface area contributed by atoms with Gasteiger partial charge in [0.25, 0.3) is 0 Å². The number of nitrogens with zero attached hydrogens (tertiary/aromatic N) is 2. The number of nitrogens with one attached hydrogen (secondary N) is 2. The minimum Gasteiger partial charge on any atom is -0.481 e. The van der Waals surface area contributed by atoms with Gasteiger partial charge in [-0.05, 0) is 38.8 Å². The minimum atomic E-state index is 0. The summed E-state index contributed by atoms with van der Waals surface area (Å²) in [6, 6.07) is 10.5. The average molecular weight is 468 g/mol. The lowest BCUT2D eigenvalue weighted by Crippen LogP contribution is -2.38. The quantitative estimate of drug-likeness (QED) is 0.370. The van der Waals surface area contributed by atoms with Gasteiger partial charge >= 0.3 is 0 Å². The van der Waals surface area contributed by atoms with E-state index < -0.39 is 0 Å². The van der Waals surface area contributed by atoms with Crippen molar-refractivity contribution in [1.29, 1.82) is 0 Å². The highest BCUT2D eigenvalue weighted by Crippen LogP contribution is 2.14. The van der Waals surface area contributed by atoms with Crippen LogP contribution < -0.4 is 15.4 Å². The molecule has 0 atom stereocenters. The second kappa shape index (κ2) is 11.7. The molecule has 26 heavy (non-hydrogen) atoms. The zero-order valence-corrected chi connectivity index (χ0v) is 18.3.